The first kappa shape index (κ1) is 15.1. The third-order valence-electron chi connectivity index (χ3n) is 1.97. The molecule has 2 nitrogen and oxygen atoms in total. The summed E-state index contributed by atoms with van der Waals surface area (Å²) in [5.74, 6) is -1.10. The molecular formula is C11H9Cl2F3O2. The Kier molecular flexibility index (Phi) is 5.28. The minimum Gasteiger partial charge on any atom is -0.448 e. The van der Waals surface area contributed by atoms with Crippen LogP contribution < -0.4 is 0 Å². The van der Waals surface area contributed by atoms with Gasteiger partial charge in [0.05, 0.1) is 6.42 Å². The summed E-state index contributed by atoms with van der Waals surface area (Å²) in [7, 11) is 0. The van der Waals surface area contributed by atoms with Crippen LogP contribution in [-0.2, 0) is 9.53 Å². The molecule has 0 aliphatic heterocycles. The first-order valence-electron chi connectivity index (χ1n) is 4.90. The molecule has 1 aromatic carbocycles. The van der Waals surface area contributed by atoms with Gasteiger partial charge in [0.25, 0.3) is 0 Å². The van der Waals surface area contributed by atoms with Crippen molar-refractivity contribution < 1.29 is 22.7 Å². The van der Waals surface area contributed by atoms with E-state index in [1.807, 2.05) is 0 Å². The van der Waals surface area contributed by atoms with Crippen LogP contribution in [0.5, 0.6) is 0 Å². The summed E-state index contributed by atoms with van der Waals surface area (Å²) in [6.07, 6.45) is -7.49. The predicted octanol–water partition coefficient (Wildman–Crippen LogP) is 4.03. The fourth-order valence-corrected chi connectivity index (χ4v) is 1.51. The molecule has 18 heavy (non-hydrogen) atoms. The van der Waals surface area contributed by atoms with E-state index in [9.17, 15) is 18.0 Å². The van der Waals surface area contributed by atoms with Crippen LogP contribution in [-0.4, -0.2) is 17.0 Å². The molecule has 0 N–H and O–H groups in total. The Labute approximate surface area is 112 Å². The van der Waals surface area contributed by atoms with E-state index >= 15 is 0 Å². The number of hydrogen-bond acceptors (Lipinski definition) is 2. The molecule has 0 aliphatic rings. The van der Waals surface area contributed by atoms with Gasteiger partial charge in [-0.25, -0.2) is 0 Å². The number of esters is 1. The normalized spacial score (nSPS) is 13.4. The maximum absolute atomic E-state index is 12.8. The first-order chi connectivity index (χ1) is 8.30. The van der Waals surface area contributed by atoms with Crippen molar-refractivity contribution in [1.29, 1.82) is 0 Å². The molecule has 0 heterocycles. The fourth-order valence-electron chi connectivity index (χ4n) is 1.26. The highest BCUT2D eigenvalue weighted by Crippen LogP contribution is 2.36. The highest BCUT2D eigenvalue weighted by Gasteiger charge is 2.44. The van der Waals surface area contributed by atoms with E-state index in [1.54, 1.807) is 6.07 Å². The summed E-state index contributed by atoms with van der Waals surface area (Å²) in [6, 6.07) is 6.86. The number of carbonyl (C=O) groups excluding carboxylic acids is 1. The zero-order chi connectivity index (χ0) is 13.8. The molecule has 1 rings (SSSR count). The van der Waals surface area contributed by atoms with Crippen LogP contribution in [0.3, 0.4) is 0 Å². The lowest BCUT2D eigenvalue weighted by Crippen LogP contribution is -2.26. The zero-order valence-electron chi connectivity index (χ0n) is 8.95. The molecule has 1 aromatic rings. The lowest BCUT2D eigenvalue weighted by molar-refractivity contribution is -0.224. The number of ether oxygens (including phenoxy) is 1. The van der Waals surface area contributed by atoms with Crippen molar-refractivity contribution in [3.05, 3.63) is 35.9 Å². The van der Waals surface area contributed by atoms with Crippen LogP contribution in [0.2, 0.25) is 0 Å². The number of halogens is 5. The van der Waals surface area contributed by atoms with E-state index in [0.717, 1.165) is 0 Å². The van der Waals surface area contributed by atoms with Gasteiger partial charge in [0.2, 0.25) is 6.10 Å². The molecule has 0 fully saturated rings. The van der Waals surface area contributed by atoms with E-state index < -0.39 is 29.5 Å². The van der Waals surface area contributed by atoms with Crippen LogP contribution in [0.1, 0.15) is 18.1 Å². The molecule has 0 saturated heterocycles. The molecule has 0 saturated carbocycles. The third kappa shape index (κ3) is 4.74. The lowest BCUT2D eigenvalue weighted by Gasteiger charge is -2.21. The summed E-state index contributed by atoms with van der Waals surface area (Å²) < 4.78 is 42.7. The highest BCUT2D eigenvalue weighted by molar-refractivity contribution is 6.45. The van der Waals surface area contributed by atoms with Crippen molar-refractivity contribution in [2.24, 2.45) is 0 Å². The Hall–Kier alpha value is -0.940. The minimum absolute atomic E-state index is 0.154. The van der Waals surface area contributed by atoms with Crippen molar-refractivity contribution >= 4 is 29.2 Å². The van der Waals surface area contributed by atoms with Gasteiger partial charge in [0.15, 0.2) is 0 Å². The first-order valence-corrected chi connectivity index (χ1v) is 5.77. The fraction of sp³-hybridized carbons (Fsp3) is 0.364. The molecule has 0 spiro atoms. The molecule has 0 aromatic heterocycles. The Morgan fingerprint density at radius 3 is 2.22 bits per heavy atom. The van der Waals surface area contributed by atoms with E-state index in [4.69, 9.17) is 23.2 Å². The maximum atomic E-state index is 12.8. The lowest BCUT2D eigenvalue weighted by atomic mass is 10.1. The molecule has 1 unspecified atom stereocenters. The molecule has 7 heteroatoms. The summed E-state index contributed by atoms with van der Waals surface area (Å²) in [5, 5.41) is 0. The van der Waals surface area contributed by atoms with Gasteiger partial charge in [-0.1, -0.05) is 30.3 Å². The summed E-state index contributed by atoms with van der Waals surface area (Å²) in [4.78, 5) is 10.1. The van der Waals surface area contributed by atoms with Gasteiger partial charge in [-0.2, -0.15) is 13.2 Å². The topological polar surface area (TPSA) is 26.3 Å². The Bertz CT molecular complexity index is 393. The quantitative estimate of drug-likeness (QED) is 0.620. The van der Waals surface area contributed by atoms with Crippen LogP contribution in [0.15, 0.2) is 30.3 Å². The summed E-state index contributed by atoms with van der Waals surface area (Å²) >= 11 is 10.6. The molecule has 0 aliphatic carbocycles. The molecular weight excluding hydrogens is 292 g/mol. The van der Waals surface area contributed by atoms with Gasteiger partial charge >= 0.3 is 12.1 Å². The van der Waals surface area contributed by atoms with Gasteiger partial charge < -0.3 is 4.74 Å². The van der Waals surface area contributed by atoms with Crippen molar-refractivity contribution in [3.63, 3.8) is 0 Å². The Morgan fingerprint density at radius 2 is 1.78 bits per heavy atom. The second kappa shape index (κ2) is 6.29. The van der Waals surface area contributed by atoms with Crippen LogP contribution in [0.25, 0.3) is 0 Å². The average Bonchev–Trinajstić information content (AvgIpc) is 2.24. The Balaban J connectivity index is 2.85. The van der Waals surface area contributed by atoms with E-state index in [0.29, 0.717) is 0 Å². The molecule has 0 bridgehead atoms. The largest absolute Gasteiger partial charge is 0.448 e. The summed E-state index contributed by atoms with van der Waals surface area (Å²) in [5.41, 5.74) is -0.154. The monoisotopic (exact) mass is 300 g/mol. The zero-order valence-corrected chi connectivity index (χ0v) is 10.5. The molecule has 100 valence electrons. The number of alkyl halides is 5. The molecule has 1 atom stereocenters. The smallest absolute Gasteiger partial charge is 0.429 e. The van der Waals surface area contributed by atoms with Crippen molar-refractivity contribution in [2.45, 2.75) is 23.5 Å². The van der Waals surface area contributed by atoms with E-state index in [2.05, 4.69) is 4.74 Å². The van der Waals surface area contributed by atoms with Gasteiger partial charge in [0, 0.05) is 5.56 Å². The number of carbonyl (C=O) groups is 1. The van der Waals surface area contributed by atoms with Crippen molar-refractivity contribution in [2.75, 3.05) is 0 Å². The second-order valence-corrected chi connectivity index (χ2v) is 4.69. The van der Waals surface area contributed by atoms with Crippen LogP contribution in [0, 0.1) is 0 Å². The minimum atomic E-state index is -4.69. The number of benzene rings is 1. The second-order valence-electron chi connectivity index (χ2n) is 3.42. The van der Waals surface area contributed by atoms with Crippen LogP contribution >= 0.6 is 23.2 Å². The van der Waals surface area contributed by atoms with Crippen molar-refractivity contribution in [1.82, 2.24) is 0 Å². The molecule has 0 radical (unpaired) electrons. The van der Waals surface area contributed by atoms with Gasteiger partial charge in [0.1, 0.15) is 4.84 Å². The number of hydrogen-bond donors (Lipinski definition) is 0. The maximum Gasteiger partial charge on any atom is 0.429 e. The SMILES string of the molecule is O=C(CC(Cl)Cl)OC(c1ccccc1)C(F)(F)F. The van der Waals surface area contributed by atoms with Gasteiger partial charge in [-0.05, 0) is 0 Å². The molecule has 0 amide bonds. The third-order valence-corrected chi connectivity index (χ3v) is 2.28. The average molecular weight is 301 g/mol. The van der Waals surface area contributed by atoms with Crippen molar-refractivity contribution in [3.8, 4) is 0 Å². The van der Waals surface area contributed by atoms with E-state index in [1.165, 1.54) is 24.3 Å². The number of rotatable bonds is 4. The highest BCUT2D eigenvalue weighted by atomic mass is 35.5. The summed E-state index contributed by atoms with van der Waals surface area (Å²) in [6.45, 7) is 0. The Morgan fingerprint density at radius 1 is 1.22 bits per heavy atom. The van der Waals surface area contributed by atoms with Gasteiger partial charge in [-0.15, -0.1) is 23.2 Å². The van der Waals surface area contributed by atoms with E-state index in [-0.39, 0.29) is 5.56 Å². The standard InChI is InChI=1S/C11H9Cl2F3O2/c12-8(13)6-9(17)18-10(11(14,15)16)7-4-2-1-3-5-7/h1-5,8,10H,6H2. The predicted molar refractivity (Wildman–Crippen MR) is 61.4 cm³/mol. The van der Waals surface area contributed by atoms with Gasteiger partial charge in [-0.3, -0.25) is 4.79 Å². The van der Waals surface area contributed by atoms with Crippen LogP contribution in [0.4, 0.5) is 13.2 Å².